The van der Waals surface area contributed by atoms with Gasteiger partial charge < -0.3 is 19.6 Å². The SMILES string of the molecule is COCC(=O)N1C[C@H]2CN(c3ncccc3C(=O)O)C[C@H]2[C@@H]1c1cccc(F)c1. The van der Waals surface area contributed by atoms with Crippen molar-refractivity contribution in [2.75, 3.05) is 38.3 Å². The van der Waals surface area contributed by atoms with E-state index in [1.807, 2.05) is 11.0 Å². The summed E-state index contributed by atoms with van der Waals surface area (Å²) in [5.74, 6) is -0.899. The molecule has 29 heavy (non-hydrogen) atoms. The Labute approximate surface area is 167 Å². The Kier molecular flexibility index (Phi) is 5.19. The monoisotopic (exact) mass is 399 g/mol. The number of pyridine rings is 1. The molecule has 1 amide bonds. The fourth-order valence-electron chi connectivity index (χ4n) is 4.61. The molecule has 8 heteroatoms. The van der Waals surface area contributed by atoms with Crippen molar-refractivity contribution in [1.82, 2.24) is 9.88 Å². The van der Waals surface area contributed by atoms with Crippen LogP contribution in [0.4, 0.5) is 10.2 Å². The van der Waals surface area contributed by atoms with Gasteiger partial charge in [-0.25, -0.2) is 14.2 Å². The number of carbonyl (C=O) groups excluding carboxylic acids is 1. The van der Waals surface area contributed by atoms with Crippen molar-refractivity contribution < 1.29 is 23.8 Å². The smallest absolute Gasteiger partial charge is 0.339 e. The highest BCUT2D eigenvalue weighted by Crippen LogP contribution is 2.46. The molecule has 152 valence electrons. The number of carboxylic acids is 1. The molecule has 1 N–H and O–H groups in total. The third-order valence-electron chi connectivity index (χ3n) is 5.76. The Morgan fingerprint density at radius 1 is 1.24 bits per heavy atom. The summed E-state index contributed by atoms with van der Waals surface area (Å²) in [5.41, 5.74) is 0.894. The minimum Gasteiger partial charge on any atom is -0.478 e. The summed E-state index contributed by atoms with van der Waals surface area (Å²) < 4.78 is 18.9. The molecule has 1 aromatic heterocycles. The molecule has 0 aliphatic carbocycles. The Hall–Kier alpha value is -3.00. The molecule has 3 heterocycles. The Morgan fingerprint density at radius 2 is 2.07 bits per heavy atom. The number of ether oxygens (including phenoxy) is 1. The van der Waals surface area contributed by atoms with Crippen molar-refractivity contribution in [2.24, 2.45) is 11.8 Å². The summed E-state index contributed by atoms with van der Waals surface area (Å²) >= 11 is 0. The van der Waals surface area contributed by atoms with Crippen molar-refractivity contribution in [3.8, 4) is 0 Å². The lowest BCUT2D eigenvalue weighted by Crippen LogP contribution is -2.38. The second-order valence-corrected chi connectivity index (χ2v) is 7.49. The van der Waals surface area contributed by atoms with Crippen LogP contribution in [-0.4, -0.2) is 60.2 Å². The van der Waals surface area contributed by atoms with Crippen LogP contribution in [0.15, 0.2) is 42.6 Å². The summed E-state index contributed by atoms with van der Waals surface area (Å²) in [6.07, 6.45) is 1.58. The highest BCUT2D eigenvalue weighted by atomic mass is 19.1. The number of aromatic nitrogens is 1. The van der Waals surface area contributed by atoms with Crippen LogP contribution in [0.2, 0.25) is 0 Å². The predicted molar refractivity (Wildman–Crippen MR) is 103 cm³/mol. The number of carbonyl (C=O) groups is 2. The number of methoxy groups -OCH3 is 1. The number of benzene rings is 1. The Balaban J connectivity index is 1.66. The van der Waals surface area contributed by atoms with Gasteiger partial charge in [-0.05, 0) is 29.8 Å². The van der Waals surface area contributed by atoms with Crippen LogP contribution < -0.4 is 4.90 Å². The van der Waals surface area contributed by atoms with Crippen molar-refractivity contribution in [3.05, 3.63) is 59.5 Å². The number of amides is 1. The van der Waals surface area contributed by atoms with E-state index >= 15 is 0 Å². The van der Waals surface area contributed by atoms with Gasteiger partial charge in [0.25, 0.3) is 0 Å². The minimum atomic E-state index is -1.02. The lowest BCUT2D eigenvalue weighted by Gasteiger charge is -2.30. The van der Waals surface area contributed by atoms with Crippen LogP contribution in [0.5, 0.6) is 0 Å². The first-order valence-electron chi connectivity index (χ1n) is 9.46. The lowest BCUT2D eigenvalue weighted by atomic mass is 9.89. The fourth-order valence-corrected chi connectivity index (χ4v) is 4.61. The number of likely N-dealkylation sites (tertiary alicyclic amines) is 1. The normalized spacial score (nSPS) is 23.3. The maximum absolute atomic E-state index is 13.9. The molecule has 7 nitrogen and oxygen atoms in total. The highest BCUT2D eigenvalue weighted by molar-refractivity contribution is 5.93. The number of hydrogen-bond donors (Lipinski definition) is 1. The highest BCUT2D eigenvalue weighted by Gasteiger charge is 2.49. The van der Waals surface area contributed by atoms with Crippen LogP contribution in [0, 0.1) is 17.7 Å². The van der Waals surface area contributed by atoms with Gasteiger partial charge in [-0.15, -0.1) is 0 Å². The number of anilines is 1. The third-order valence-corrected chi connectivity index (χ3v) is 5.76. The van der Waals surface area contributed by atoms with Crippen LogP contribution in [0.1, 0.15) is 22.0 Å². The summed E-state index contributed by atoms with van der Waals surface area (Å²) in [6.45, 7) is 1.61. The van der Waals surface area contributed by atoms with Gasteiger partial charge in [0.1, 0.15) is 23.8 Å². The molecule has 3 atom stereocenters. The van der Waals surface area contributed by atoms with E-state index < -0.39 is 5.97 Å². The molecule has 4 rings (SSSR count). The van der Waals surface area contributed by atoms with Gasteiger partial charge in [-0.3, -0.25) is 4.79 Å². The predicted octanol–water partition coefficient (Wildman–Crippen LogP) is 2.20. The van der Waals surface area contributed by atoms with Crippen LogP contribution >= 0.6 is 0 Å². The summed E-state index contributed by atoms with van der Waals surface area (Å²) in [4.78, 5) is 32.2. The maximum atomic E-state index is 13.9. The van der Waals surface area contributed by atoms with Crippen molar-refractivity contribution in [3.63, 3.8) is 0 Å². The average molecular weight is 399 g/mol. The second kappa shape index (κ2) is 7.79. The number of carboxylic acid groups (broad SMARTS) is 1. The molecular formula is C21H22FN3O4. The number of hydrogen-bond acceptors (Lipinski definition) is 5. The summed E-state index contributed by atoms with van der Waals surface area (Å²) in [7, 11) is 1.47. The van der Waals surface area contributed by atoms with Gasteiger partial charge in [-0.1, -0.05) is 12.1 Å². The lowest BCUT2D eigenvalue weighted by molar-refractivity contribution is -0.136. The minimum absolute atomic E-state index is 0.0294. The van der Waals surface area contributed by atoms with Crippen LogP contribution in [0.3, 0.4) is 0 Å². The molecular weight excluding hydrogens is 377 g/mol. The molecule has 2 aromatic rings. The van der Waals surface area contributed by atoms with Crippen molar-refractivity contribution in [2.45, 2.75) is 6.04 Å². The first-order chi connectivity index (χ1) is 14.0. The number of halogens is 1. The van der Waals surface area contributed by atoms with Gasteiger partial charge in [-0.2, -0.15) is 0 Å². The zero-order valence-corrected chi connectivity index (χ0v) is 16.0. The first kappa shape index (κ1) is 19.3. The molecule has 2 aliphatic rings. The van der Waals surface area contributed by atoms with Crippen molar-refractivity contribution in [1.29, 1.82) is 0 Å². The molecule has 0 bridgehead atoms. The number of aromatic carboxylic acids is 1. The summed E-state index contributed by atoms with van der Waals surface area (Å²) in [5, 5.41) is 9.49. The molecule has 0 spiro atoms. The number of nitrogens with zero attached hydrogens (tertiary/aromatic N) is 3. The van der Waals surface area contributed by atoms with Crippen LogP contribution in [0.25, 0.3) is 0 Å². The van der Waals surface area contributed by atoms with E-state index in [9.17, 15) is 19.1 Å². The van der Waals surface area contributed by atoms with E-state index in [0.29, 0.717) is 25.5 Å². The quantitative estimate of drug-likeness (QED) is 0.830. The molecule has 0 unspecified atom stereocenters. The van der Waals surface area contributed by atoms with E-state index in [1.54, 1.807) is 23.2 Å². The topological polar surface area (TPSA) is 83.0 Å². The molecule has 2 fully saturated rings. The Bertz CT molecular complexity index is 938. The molecule has 0 saturated carbocycles. The summed E-state index contributed by atoms with van der Waals surface area (Å²) in [6, 6.07) is 9.17. The standard InChI is InChI=1S/C21H22FN3O4/c1-29-12-18(26)25-10-14-9-24(20-16(21(27)28)6-3-7-23-20)11-17(14)19(25)13-4-2-5-15(22)8-13/h2-8,14,17,19H,9-12H2,1H3,(H,27,28)/t14-,17-,19+/m1/s1. The second-order valence-electron chi connectivity index (χ2n) is 7.49. The molecule has 0 radical (unpaired) electrons. The van der Waals surface area contributed by atoms with E-state index in [2.05, 4.69) is 4.98 Å². The average Bonchev–Trinajstić information content (AvgIpc) is 3.26. The van der Waals surface area contributed by atoms with E-state index in [0.717, 1.165) is 5.56 Å². The van der Waals surface area contributed by atoms with E-state index in [4.69, 9.17) is 4.74 Å². The van der Waals surface area contributed by atoms with Crippen LogP contribution in [-0.2, 0) is 9.53 Å². The molecule has 2 saturated heterocycles. The van der Waals surface area contributed by atoms with Gasteiger partial charge in [0.2, 0.25) is 5.91 Å². The van der Waals surface area contributed by atoms with Gasteiger partial charge in [0.05, 0.1) is 6.04 Å². The number of rotatable bonds is 5. The zero-order valence-electron chi connectivity index (χ0n) is 16.0. The first-order valence-corrected chi connectivity index (χ1v) is 9.46. The van der Waals surface area contributed by atoms with E-state index in [-0.39, 0.29) is 41.8 Å². The molecule has 2 aliphatic heterocycles. The Morgan fingerprint density at radius 3 is 2.79 bits per heavy atom. The third kappa shape index (κ3) is 3.55. The number of fused-ring (bicyclic) bond motifs is 1. The van der Waals surface area contributed by atoms with E-state index in [1.165, 1.54) is 25.3 Å². The van der Waals surface area contributed by atoms with Gasteiger partial charge in [0.15, 0.2) is 0 Å². The molecule has 1 aromatic carbocycles. The van der Waals surface area contributed by atoms with Gasteiger partial charge in [0, 0.05) is 44.8 Å². The zero-order chi connectivity index (χ0) is 20.5. The largest absolute Gasteiger partial charge is 0.478 e. The fraction of sp³-hybridized carbons (Fsp3) is 0.381. The van der Waals surface area contributed by atoms with Gasteiger partial charge >= 0.3 is 5.97 Å². The maximum Gasteiger partial charge on any atom is 0.339 e. The van der Waals surface area contributed by atoms with Crippen molar-refractivity contribution >= 4 is 17.7 Å².